The lowest BCUT2D eigenvalue weighted by Gasteiger charge is -2.16. The number of nitrogens with zero attached hydrogens (tertiary/aromatic N) is 2. The Bertz CT molecular complexity index is 801. The molecule has 0 aliphatic carbocycles. The highest BCUT2D eigenvalue weighted by atomic mass is 16.5. The highest BCUT2D eigenvalue weighted by Crippen LogP contribution is 2.33. The number of benzene rings is 1. The molecule has 1 aromatic carbocycles. The summed E-state index contributed by atoms with van der Waals surface area (Å²) in [6, 6.07) is 5.66. The molecule has 0 bridgehead atoms. The molecule has 4 N–H and O–H groups in total. The zero-order valence-corrected chi connectivity index (χ0v) is 16.2. The fourth-order valence-electron chi connectivity index (χ4n) is 2.77. The molecule has 0 aliphatic heterocycles. The van der Waals surface area contributed by atoms with Crippen molar-refractivity contribution in [1.29, 1.82) is 0 Å². The van der Waals surface area contributed by atoms with Crippen LogP contribution in [0.5, 0.6) is 11.5 Å². The summed E-state index contributed by atoms with van der Waals surface area (Å²) in [5.41, 5.74) is 7.45. The summed E-state index contributed by atoms with van der Waals surface area (Å²) >= 11 is 0. The van der Waals surface area contributed by atoms with Crippen LogP contribution < -0.4 is 25.8 Å². The molecule has 0 radical (unpaired) electrons. The lowest BCUT2D eigenvalue weighted by molar-refractivity contribution is -0.118. The van der Waals surface area contributed by atoms with Gasteiger partial charge in [-0.2, -0.15) is 0 Å². The van der Waals surface area contributed by atoms with Gasteiger partial charge in [0.05, 0.1) is 32.2 Å². The topological polar surface area (TPSA) is 103 Å². The van der Waals surface area contributed by atoms with Crippen LogP contribution in [-0.2, 0) is 4.79 Å². The van der Waals surface area contributed by atoms with Crippen molar-refractivity contribution in [2.75, 3.05) is 27.3 Å². The maximum absolute atomic E-state index is 11.0. The van der Waals surface area contributed by atoms with Gasteiger partial charge < -0.3 is 30.4 Å². The van der Waals surface area contributed by atoms with Crippen LogP contribution in [0.3, 0.4) is 0 Å². The first-order chi connectivity index (χ1) is 13.0. The largest absolute Gasteiger partial charge is 0.493 e. The summed E-state index contributed by atoms with van der Waals surface area (Å²) in [4.78, 5) is 15.5. The van der Waals surface area contributed by atoms with Gasteiger partial charge in [0, 0.05) is 38.0 Å². The van der Waals surface area contributed by atoms with Crippen LogP contribution in [0, 0.1) is 0 Å². The molecule has 8 heteroatoms. The second-order valence-corrected chi connectivity index (χ2v) is 5.94. The van der Waals surface area contributed by atoms with Crippen molar-refractivity contribution in [2.24, 2.45) is 5.73 Å². The van der Waals surface area contributed by atoms with Crippen LogP contribution in [0.4, 0.5) is 0 Å². The van der Waals surface area contributed by atoms with E-state index in [0.29, 0.717) is 24.6 Å². The van der Waals surface area contributed by atoms with Crippen LogP contribution >= 0.6 is 0 Å². The molecule has 1 atom stereocenters. The van der Waals surface area contributed by atoms with Gasteiger partial charge in [-0.15, -0.1) is 0 Å². The van der Waals surface area contributed by atoms with Gasteiger partial charge in [-0.3, -0.25) is 4.79 Å². The molecule has 27 heavy (non-hydrogen) atoms. The summed E-state index contributed by atoms with van der Waals surface area (Å²) in [6.45, 7) is 4.69. The van der Waals surface area contributed by atoms with Crippen molar-refractivity contribution in [3.05, 3.63) is 36.4 Å². The van der Waals surface area contributed by atoms with E-state index in [-0.39, 0.29) is 11.9 Å². The van der Waals surface area contributed by atoms with Crippen molar-refractivity contribution >= 4 is 12.1 Å². The molecule has 2 rings (SSSR count). The number of aromatic nitrogens is 2. The number of imidazole rings is 1. The summed E-state index contributed by atoms with van der Waals surface area (Å²) in [5, 5.41) is 6.10. The fraction of sp³-hybridized carbons (Fsp3) is 0.368. The molecule has 0 saturated heterocycles. The number of carbonyl (C=O) groups is 1. The van der Waals surface area contributed by atoms with E-state index in [4.69, 9.17) is 15.2 Å². The first-order valence-electron chi connectivity index (χ1n) is 8.67. The van der Waals surface area contributed by atoms with E-state index >= 15 is 0 Å². The standard InChI is InChI=1S/C19H27N5O3/c1-13(21-8-9-22-14(2)25)19-23-12-16(24(19)10-7-20)15-5-6-17(26-3)18(11-15)27-4/h5-7,10-13,21H,8-9,20H2,1-4H3,(H,22,25)/b10-7-. The average Bonchev–Trinajstić information content (AvgIpc) is 3.08. The Kier molecular flexibility index (Phi) is 7.25. The van der Waals surface area contributed by atoms with Gasteiger partial charge in [0.1, 0.15) is 5.82 Å². The van der Waals surface area contributed by atoms with Crippen LogP contribution in [0.1, 0.15) is 25.7 Å². The van der Waals surface area contributed by atoms with Gasteiger partial charge in [0.25, 0.3) is 0 Å². The second-order valence-electron chi connectivity index (χ2n) is 5.94. The summed E-state index contributed by atoms with van der Waals surface area (Å²) in [6.07, 6.45) is 5.03. The number of nitrogens with two attached hydrogens (primary N) is 1. The zero-order valence-electron chi connectivity index (χ0n) is 16.2. The first kappa shape index (κ1) is 20.3. The third-order valence-corrected chi connectivity index (χ3v) is 4.08. The van der Waals surface area contributed by atoms with Gasteiger partial charge in [-0.1, -0.05) is 0 Å². The molecule has 0 saturated carbocycles. The highest BCUT2D eigenvalue weighted by Gasteiger charge is 2.17. The van der Waals surface area contributed by atoms with Gasteiger partial charge in [0.2, 0.25) is 5.91 Å². The molecular formula is C19H27N5O3. The van der Waals surface area contributed by atoms with E-state index in [2.05, 4.69) is 15.6 Å². The monoisotopic (exact) mass is 373 g/mol. The SMILES string of the molecule is COc1ccc(-c2cnc(C(C)NCCNC(C)=O)n2/C=C\N)cc1OC. The van der Waals surface area contributed by atoms with E-state index in [0.717, 1.165) is 17.1 Å². The van der Waals surface area contributed by atoms with Crippen molar-refractivity contribution in [1.82, 2.24) is 20.2 Å². The minimum absolute atomic E-state index is 0.0381. The van der Waals surface area contributed by atoms with Crippen LogP contribution in [0.2, 0.25) is 0 Å². The van der Waals surface area contributed by atoms with Gasteiger partial charge in [-0.05, 0) is 25.1 Å². The number of amides is 1. The normalized spacial score (nSPS) is 12.1. The van der Waals surface area contributed by atoms with Crippen molar-refractivity contribution in [2.45, 2.75) is 19.9 Å². The van der Waals surface area contributed by atoms with Crippen molar-refractivity contribution < 1.29 is 14.3 Å². The lowest BCUT2D eigenvalue weighted by atomic mass is 10.1. The predicted octanol–water partition coefficient (Wildman–Crippen LogP) is 1.74. The number of rotatable bonds is 9. The Hall–Kier alpha value is -3.00. The molecule has 1 unspecified atom stereocenters. The molecule has 0 aliphatic rings. The number of carbonyl (C=O) groups excluding carboxylic acids is 1. The fourth-order valence-corrected chi connectivity index (χ4v) is 2.77. The predicted molar refractivity (Wildman–Crippen MR) is 105 cm³/mol. The van der Waals surface area contributed by atoms with E-state index in [1.54, 1.807) is 26.6 Å². The van der Waals surface area contributed by atoms with Gasteiger partial charge in [-0.25, -0.2) is 4.98 Å². The second kappa shape index (κ2) is 9.63. The summed E-state index contributed by atoms with van der Waals surface area (Å²) in [7, 11) is 3.20. The minimum Gasteiger partial charge on any atom is -0.493 e. The molecule has 1 heterocycles. The molecular weight excluding hydrogens is 346 g/mol. The van der Waals surface area contributed by atoms with Crippen LogP contribution in [0.15, 0.2) is 30.6 Å². The van der Waals surface area contributed by atoms with Gasteiger partial charge in [0.15, 0.2) is 11.5 Å². The van der Waals surface area contributed by atoms with Crippen LogP contribution in [-0.4, -0.2) is 42.8 Å². The molecule has 1 aromatic heterocycles. The highest BCUT2D eigenvalue weighted by molar-refractivity contribution is 5.72. The first-order valence-corrected chi connectivity index (χ1v) is 8.67. The third-order valence-electron chi connectivity index (χ3n) is 4.08. The number of methoxy groups -OCH3 is 2. The maximum atomic E-state index is 11.0. The molecule has 0 fully saturated rings. The van der Waals surface area contributed by atoms with E-state index < -0.39 is 0 Å². The quantitative estimate of drug-likeness (QED) is 0.579. The third kappa shape index (κ3) is 5.01. The number of nitrogens with one attached hydrogen (secondary N) is 2. The number of hydrogen-bond acceptors (Lipinski definition) is 6. The lowest BCUT2D eigenvalue weighted by Crippen LogP contribution is -2.32. The Balaban J connectivity index is 2.28. The Labute approximate surface area is 159 Å². The average molecular weight is 373 g/mol. The van der Waals surface area contributed by atoms with E-state index in [9.17, 15) is 4.79 Å². The number of hydrogen-bond donors (Lipinski definition) is 3. The summed E-state index contributed by atoms with van der Waals surface area (Å²) < 4.78 is 12.6. The molecule has 146 valence electrons. The summed E-state index contributed by atoms with van der Waals surface area (Å²) in [5.74, 6) is 2.06. The molecule has 2 aromatic rings. The zero-order chi connectivity index (χ0) is 19.8. The smallest absolute Gasteiger partial charge is 0.216 e. The Morgan fingerprint density at radius 2 is 2.04 bits per heavy atom. The van der Waals surface area contributed by atoms with Crippen molar-refractivity contribution in [3.63, 3.8) is 0 Å². The van der Waals surface area contributed by atoms with E-state index in [1.807, 2.05) is 29.7 Å². The maximum Gasteiger partial charge on any atom is 0.216 e. The molecule has 1 amide bonds. The van der Waals surface area contributed by atoms with Gasteiger partial charge >= 0.3 is 0 Å². The van der Waals surface area contributed by atoms with E-state index in [1.165, 1.54) is 13.1 Å². The molecule has 8 nitrogen and oxygen atoms in total. The Morgan fingerprint density at radius 3 is 2.67 bits per heavy atom. The molecule has 0 spiro atoms. The number of ether oxygens (including phenoxy) is 2. The van der Waals surface area contributed by atoms with Crippen LogP contribution in [0.25, 0.3) is 17.5 Å². The Morgan fingerprint density at radius 1 is 1.30 bits per heavy atom. The van der Waals surface area contributed by atoms with Crippen molar-refractivity contribution in [3.8, 4) is 22.8 Å². The minimum atomic E-state index is -0.0484.